The summed E-state index contributed by atoms with van der Waals surface area (Å²) >= 11 is 0. The molecule has 0 aromatic carbocycles. The SMILES string of the molecule is O=S(=O)(O)CC(F)CNC1CC1. The molecule has 6 heteroatoms. The first kappa shape index (κ1) is 9.88. The Morgan fingerprint density at radius 2 is 2.17 bits per heavy atom. The molecule has 0 spiro atoms. The maximum Gasteiger partial charge on any atom is 0.267 e. The minimum Gasteiger partial charge on any atom is -0.311 e. The third-order valence-electron chi connectivity index (χ3n) is 1.60. The van der Waals surface area contributed by atoms with Gasteiger partial charge in [-0.25, -0.2) is 4.39 Å². The van der Waals surface area contributed by atoms with Crippen molar-refractivity contribution in [3.05, 3.63) is 0 Å². The Hall–Kier alpha value is -0.200. The van der Waals surface area contributed by atoms with E-state index < -0.39 is 22.0 Å². The third kappa shape index (κ3) is 4.63. The molecule has 0 amide bonds. The monoisotopic (exact) mass is 197 g/mol. The first-order chi connectivity index (χ1) is 5.47. The van der Waals surface area contributed by atoms with Gasteiger partial charge in [0.25, 0.3) is 10.1 Å². The summed E-state index contributed by atoms with van der Waals surface area (Å²) in [7, 11) is -4.17. The maximum absolute atomic E-state index is 12.7. The molecule has 0 saturated heterocycles. The topological polar surface area (TPSA) is 66.4 Å². The first-order valence-electron chi connectivity index (χ1n) is 3.80. The molecule has 72 valence electrons. The van der Waals surface area contributed by atoms with Crippen LogP contribution in [0.5, 0.6) is 0 Å². The van der Waals surface area contributed by atoms with Gasteiger partial charge in [0.1, 0.15) is 11.9 Å². The molecule has 1 aliphatic carbocycles. The maximum atomic E-state index is 12.7. The fourth-order valence-corrected chi connectivity index (χ4v) is 1.44. The summed E-state index contributed by atoms with van der Waals surface area (Å²) < 4.78 is 41.3. The third-order valence-corrected chi connectivity index (χ3v) is 2.38. The van der Waals surface area contributed by atoms with E-state index in [0.717, 1.165) is 12.8 Å². The van der Waals surface area contributed by atoms with Gasteiger partial charge in [0.15, 0.2) is 0 Å². The van der Waals surface area contributed by atoms with Crippen LogP contribution < -0.4 is 5.32 Å². The van der Waals surface area contributed by atoms with Gasteiger partial charge in [0.05, 0.1) is 0 Å². The lowest BCUT2D eigenvalue weighted by Gasteiger charge is -2.06. The number of halogens is 1. The highest BCUT2D eigenvalue weighted by atomic mass is 32.2. The van der Waals surface area contributed by atoms with Crippen LogP contribution in [-0.4, -0.2) is 37.5 Å². The van der Waals surface area contributed by atoms with Crippen LogP contribution in [0.2, 0.25) is 0 Å². The van der Waals surface area contributed by atoms with Crippen molar-refractivity contribution in [2.45, 2.75) is 25.1 Å². The van der Waals surface area contributed by atoms with Crippen LogP contribution >= 0.6 is 0 Å². The Balaban J connectivity index is 2.14. The molecule has 4 nitrogen and oxygen atoms in total. The molecule has 1 aliphatic rings. The van der Waals surface area contributed by atoms with Gasteiger partial charge in [0, 0.05) is 12.6 Å². The van der Waals surface area contributed by atoms with E-state index >= 15 is 0 Å². The van der Waals surface area contributed by atoms with Crippen molar-refractivity contribution in [1.29, 1.82) is 0 Å². The second kappa shape index (κ2) is 3.68. The minimum absolute atomic E-state index is 0.00442. The second-order valence-corrected chi connectivity index (χ2v) is 4.53. The highest BCUT2D eigenvalue weighted by molar-refractivity contribution is 7.85. The molecule has 0 aromatic heterocycles. The average Bonchev–Trinajstić information content (AvgIpc) is 2.61. The van der Waals surface area contributed by atoms with Crippen molar-refractivity contribution in [3.8, 4) is 0 Å². The van der Waals surface area contributed by atoms with Crippen molar-refractivity contribution >= 4 is 10.1 Å². The normalized spacial score (nSPS) is 20.8. The van der Waals surface area contributed by atoms with Gasteiger partial charge in [-0.1, -0.05) is 0 Å². The molecule has 1 atom stereocenters. The minimum atomic E-state index is -4.17. The zero-order chi connectivity index (χ0) is 9.19. The predicted molar refractivity (Wildman–Crippen MR) is 42.3 cm³/mol. The lowest BCUT2D eigenvalue weighted by atomic mass is 10.4. The van der Waals surface area contributed by atoms with Gasteiger partial charge in [-0.3, -0.25) is 4.55 Å². The first-order valence-corrected chi connectivity index (χ1v) is 5.41. The fraction of sp³-hybridized carbons (Fsp3) is 1.00. The van der Waals surface area contributed by atoms with Crippen molar-refractivity contribution in [2.24, 2.45) is 0 Å². The molecular weight excluding hydrogens is 185 g/mol. The van der Waals surface area contributed by atoms with E-state index in [1.165, 1.54) is 0 Å². The summed E-state index contributed by atoms with van der Waals surface area (Å²) in [5.74, 6) is -0.813. The van der Waals surface area contributed by atoms with Crippen molar-refractivity contribution < 1.29 is 17.4 Å². The van der Waals surface area contributed by atoms with Gasteiger partial charge >= 0.3 is 0 Å². The van der Waals surface area contributed by atoms with E-state index in [4.69, 9.17) is 4.55 Å². The van der Waals surface area contributed by atoms with Crippen LogP contribution in [0.1, 0.15) is 12.8 Å². The van der Waals surface area contributed by atoms with Gasteiger partial charge in [-0.15, -0.1) is 0 Å². The molecule has 0 heterocycles. The number of nitrogens with one attached hydrogen (secondary N) is 1. The summed E-state index contributed by atoms with van der Waals surface area (Å²) in [4.78, 5) is 0. The summed E-state index contributed by atoms with van der Waals surface area (Å²) in [6.07, 6.45) is 0.539. The average molecular weight is 197 g/mol. The Kier molecular flexibility index (Phi) is 3.03. The summed E-state index contributed by atoms with van der Waals surface area (Å²) in [5, 5.41) is 2.83. The number of hydrogen-bond donors (Lipinski definition) is 2. The Bertz CT molecular complexity index is 237. The van der Waals surface area contributed by atoms with Gasteiger partial charge in [-0.05, 0) is 12.8 Å². The van der Waals surface area contributed by atoms with E-state index in [0.29, 0.717) is 6.04 Å². The number of hydrogen-bond acceptors (Lipinski definition) is 3. The summed E-state index contributed by atoms with van der Waals surface area (Å²) in [6.45, 7) is 0.00442. The predicted octanol–water partition coefficient (Wildman–Crippen LogP) is -0.0357. The summed E-state index contributed by atoms with van der Waals surface area (Å²) in [5.41, 5.74) is 0. The molecule has 2 N–H and O–H groups in total. The van der Waals surface area contributed by atoms with Crippen LogP contribution in [0.3, 0.4) is 0 Å². The van der Waals surface area contributed by atoms with E-state index in [1.807, 2.05) is 0 Å². The van der Waals surface area contributed by atoms with Crippen LogP contribution in [0.25, 0.3) is 0 Å². The molecule has 0 bridgehead atoms. The van der Waals surface area contributed by atoms with E-state index in [2.05, 4.69) is 5.32 Å². The van der Waals surface area contributed by atoms with Gasteiger partial charge < -0.3 is 5.32 Å². The van der Waals surface area contributed by atoms with Crippen LogP contribution in [0.15, 0.2) is 0 Å². The number of alkyl halides is 1. The molecule has 0 radical (unpaired) electrons. The Labute approximate surface area is 70.9 Å². The standard InChI is InChI=1S/C6H12FNO3S/c7-5(4-12(9,10)11)3-8-6-1-2-6/h5-6,8H,1-4H2,(H,9,10,11). The molecule has 1 saturated carbocycles. The zero-order valence-corrected chi connectivity index (χ0v) is 7.35. The molecular formula is C6H12FNO3S. The van der Waals surface area contributed by atoms with Crippen LogP contribution in [0, 0.1) is 0 Å². The highest BCUT2D eigenvalue weighted by Crippen LogP contribution is 2.18. The molecule has 1 unspecified atom stereocenters. The Morgan fingerprint density at radius 3 is 2.58 bits per heavy atom. The Morgan fingerprint density at radius 1 is 1.58 bits per heavy atom. The van der Waals surface area contributed by atoms with Crippen molar-refractivity contribution in [2.75, 3.05) is 12.3 Å². The lowest BCUT2D eigenvalue weighted by molar-refractivity contribution is 0.337. The van der Waals surface area contributed by atoms with E-state index in [-0.39, 0.29) is 6.54 Å². The van der Waals surface area contributed by atoms with Gasteiger partial charge in [0.2, 0.25) is 0 Å². The zero-order valence-electron chi connectivity index (χ0n) is 6.53. The van der Waals surface area contributed by atoms with E-state index in [9.17, 15) is 12.8 Å². The van der Waals surface area contributed by atoms with Crippen molar-refractivity contribution in [1.82, 2.24) is 5.32 Å². The largest absolute Gasteiger partial charge is 0.311 e. The van der Waals surface area contributed by atoms with Crippen molar-refractivity contribution in [3.63, 3.8) is 0 Å². The smallest absolute Gasteiger partial charge is 0.267 e. The quantitative estimate of drug-likeness (QED) is 0.607. The lowest BCUT2D eigenvalue weighted by Crippen LogP contribution is -2.30. The fourth-order valence-electron chi connectivity index (χ4n) is 0.869. The van der Waals surface area contributed by atoms with Gasteiger partial charge in [-0.2, -0.15) is 8.42 Å². The van der Waals surface area contributed by atoms with Crippen LogP contribution in [0.4, 0.5) is 4.39 Å². The molecule has 12 heavy (non-hydrogen) atoms. The number of rotatable bonds is 5. The molecule has 1 fully saturated rings. The second-order valence-electron chi connectivity index (χ2n) is 3.03. The molecule has 1 rings (SSSR count). The van der Waals surface area contributed by atoms with Crippen LogP contribution in [-0.2, 0) is 10.1 Å². The molecule has 0 aliphatic heterocycles. The molecule has 0 aromatic rings. The highest BCUT2D eigenvalue weighted by Gasteiger charge is 2.23. The van der Waals surface area contributed by atoms with E-state index in [1.54, 1.807) is 0 Å². The summed E-state index contributed by atoms with van der Waals surface area (Å²) in [6, 6.07) is 0.352.